The second-order valence-corrected chi connectivity index (χ2v) is 9.73. The van der Waals surface area contributed by atoms with Crippen molar-refractivity contribution in [1.82, 2.24) is 10.3 Å². The predicted octanol–water partition coefficient (Wildman–Crippen LogP) is 4.46. The molecule has 154 valence electrons. The van der Waals surface area contributed by atoms with Gasteiger partial charge in [0, 0.05) is 24.2 Å². The molecule has 0 radical (unpaired) electrons. The van der Waals surface area contributed by atoms with Gasteiger partial charge in [-0.25, -0.2) is 17.8 Å². The second kappa shape index (κ2) is 9.87. The van der Waals surface area contributed by atoms with E-state index in [2.05, 4.69) is 20.3 Å². The molecule has 1 atom stereocenters. The van der Waals surface area contributed by atoms with Crippen LogP contribution in [0.4, 0.5) is 15.2 Å². The highest BCUT2D eigenvalue weighted by molar-refractivity contribution is 7.93. The van der Waals surface area contributed by atoms with Crippen molar-refractivity contribution in [3.63, 3.8) is 0 Å². The molecule has 1 fully saturated rings. The van der Waals surface area contributed by atoms with Crippen LogP contribution < -0.4 is 15.4 Å². The molecule has 0 aliphatic carbocycles. The molecule has 3 N–H and O–H groups in total. The first kappa shape index (κ1) is 21.3. The van der Waals surface area contributed by atoms with Gasteiger partial charge in [-0.2, -0.15) is 0 Å². The van der Waals surface area contributed by atoms with Crippen LogP contribution in [0.1, 0.15) is 38.5 Å². The first-order chi connectivity index (χ1) is 13.5. The molecule has 1 aromatic heterocycles. The molecule has 6 nitrogen and oxygen atoms in total. The monoisotopic (exact) mass is 446 g/mol. The Bertz CT molecular complexity index is 874. The molecule has 0 spiro atoms. The Hall–Kier alpha value is -1.42. The number of hydrogen-bond acceptors (Lipinski definition) is 6. The van der Waals surface area contributed by atoms with Gasteiger partial charge in [-0.05, 0) is 37.9 Å². The molecule has 1 aliphatic heterocycles. The van der Waals surface area contributed by atoms with Gasteiger partial charge >= 0.3 is 0 Å². The summed E-state index contributed by atoms with van der Waals surface area (Å²) in [6, 6.07) is 2.96. The van der Waals surface area contributed by atoms with E-state index in [0.29, 0.717) is 18.3 Å². The summed E-state index contributed by atoms with van der Waals surface area (Å²) >= 11 is 7.28. The SMILES string of the molecule is O=S(=O)(Nc1nccs1)c1cc(Cl)c(NCCCCCC[C@H]2CCN2)cc1F. The number of sulfonamides is 1. The molecule has 0 saturated carbocycles. The summed E-state index contributed by atoms with van der Waals surface area (Å²) in [7, 11) is -4.09. The quantitative estimate of drug-likeness (QED) is 0.444. The highest BCUT2D eigenvalue weighted by Gasteiger charge is 2.22. The zero-order chi connectivity index (χ0) is 20.0. The molecule has 0 unspecified atom stereocenters. The summed E-state index contributed by atoms with van der Waals surface area (Å²) in [5.41, 5.74) is 0.394. The maximum atomic E-state index is 14.4. The lowest BCUT2D eigenvalue weighted by atomic mass is 10.00. The number of nitrogens with one attached hydrogen (secondary N) is 3. The van der Waals surface area contributed by atoms with Crippen LogP contribution >= 0.6 is 22.9 Å². The normalized spacial score (nSPS) is 16.6. The lowest BCUT2D eigenvalue weighted by Gasteiger charge is -2.27. The molecular formula is C18H24ClFN4O2S2. The summed E-state index contributed by atoms with van der Waals surface area (Å²) < 4.78 is 41.4. The number of nitrogens with zero attached hydrogens (tertiary/aromatic N) is 1. The summed E-state index contributed by atoms with van der Waals surface area (Å²) in [4.78, 5) is 3.34. The van der Waals surface area contributed by atoms with E-state index in [1.54, 1.807) is 5.38 Å². The summed E-state index contributed by atoms with van der Waals surface area (Å²) in [6.07, 6.45) is 8.40. The Balaban J connectivity index is 1.48. The lowest BCUT2D eigenvalue weighted by Crippen LogP contribution is -2.42. The van der Waals surface area contributed by atoms with Crippen molar-refractivity contribution in [2.75, 3.05) is 23.1 Å². The van der Waals surface area contributed by atoms with Gasteiger partial charge in [0.05, 0.1) is 10.7 Å². The topological polar surface area (TPSA) is 83.1 Å². The maximum absolute atomic E-state index is 14.4. The van der Waals surface area contributed by atoms with Gasteiger partial charge in [0.1, 0.15) is 10.7 Å². The van der Waals surface area contributed by atoms with Crippen LogP contribution in [0.3, 0.4) is 0 Å². The summed E-state index contributed by atoms with van der Waals surface area (Å²) in [5, 5.41) is 8.44. The number of unbranched alkanes of at least 4 members (excludes halogenated alkanes) is 3. The van der Waals surface area contributed by atoms with Crippen molar-refractivity contribution in [3.05, 3.63) is 34.5 Å². The van der Waals surface area contributed by atoms with E-state index in [-0.39, 0.29) is 10.2 Å². The van der Waals surface area contributed by atoms with E-state index in [4.69, 9.17) is 11.6 Å². The van der Waals surface area contributed by atoms with Crippen molar-refractivity contribution in [2.45, 2.75) is 49.5 Å². The van der Waals surface area contributed by atoms with Gasteiger partial charge in [0.15, 0.2) is 5.13 Å². The third-order valence-corrected chi connectivity index (χ3v) is 7.17. The zero-order valence-electron chi connectivity index (χ0n) is 15.4. The number of aromatic nitrogens is 1. The molecule has 28 heavy (non-hydrogen) atoms. The summed E-state index contributed by atoms with van der Waals surface area (Å²) in [6.45, 7) is 1.80. The molecular weight excluding hydrogens is 423 g/mol. The Morgan fingerprint density at radius 2 is 2.07 bits per heavy atom. The van der Waals surface area contributed by atoms with E-state index in [1.165, 1.54) is 31.9 Å². The predicted molar refractivity (Wildman–Crippen MR) is 112 cm³/mol. The van der Waals surface area contributed by atoms with Crippen molar-refractivity contribution in [3.8, 4) is 0 Å². The number of hydrogen-bond donors (Lipinski definition) is 3. The molecule has 1 aliphatic rings. The van der Waals surface area contributed by atoms with E-state index < -0.39 is 20.7 Å². The fourth-order valence-corrected chi connectivity index (χ4v) is 5.17. The number of rotatable bonds is 11. The second-order valence-electron chi connectivity index (χ2n) is 6.77. The van der Waals surface area contributed by atoms with Crippen molar-refractivity contribution < 1.29 is 12.8 Å². The zero-order valence-corrected chi connectivity index (χ0v) is 17.8. The van der Waals surface area contributed by atoms with Gasteiger partial charge in [-0.1, -0.05) is 30.9 Å². The number of thiazole rings is 1. The number of benzene rings is 1. The Labute approximate surface area is 174 Å². The van der Waals surface area contributed by atoms with Gasteiger partial charge in [0.25, 0.3) is 10.0 Å². The molecule has 3 rings (SSSR count). The molecule has 2 heterocycles. The molecule has 10 heteroatoms. The minimum atomic E-state index is -4.09. The third-order valence-electron chi connectivity index (χ3n) is 4.69. The van der Waals surface area contributed by atoms with Crippen molar-refractivity contribution >= 4 is 43.8 Å². The molecule has 2 aromatic rings. The van der Waals surface area contributed by atoms with Crippen LogP contribution in [-0.2, 0) is 10.0 Å². The Morgan fingerprint density at radius 1 is 1.29 bits per heavy atom. The molecule has 1 saturated heterocycles. The van der Waals surface area contributed by atoms with Gasteiger partial charge in [0.2, 0.25) is 0 Å². The van der Waals surface area contributed by atoms with Crippen LogP contribution in [0.2, 0.25) is 5.02 Å². The fourth-order valence-electron chi connectivity index (χ4n) is 3.00. The average molecular weight is 447 g/mol. The Morgan fingerprint density at radius 3 is 2.75 bits per heavy atom. The van der Waals surface area contributed by atoms with Gasteiger partial charge in [-0.3, -0.25) is 4.72 Å². The van der Waals surface area contributed by atoms with Crippen LogP contribution in [0.25, 0.3) is 0 Å². The maximum Gasteiger partial charge on any atom is 0.266 e. The van der Waals surface area contributed by atoms with Gasteiger partial charge in [-0.15, -0.1) is 11.3 Å². The van der Waals surface area contributed by atoms with E-state index in [9.17, 15) is 12.8 Å². The number of anilines is 2. The highest BCUT2D eigenvalue weighted by atomic mass is 35.5. The Kier molecular flexibility index (Phi) is 7.50. The van der Waals surface area contributed by atoms with Crippen LogP contribution in [-0.4, -0.2) is 32.5 Å². The standard InChI is InChI=1S/C18H24ClFN4O2S2/c19-14-11-17(28(25,26)24-18-23-9-10-27-18)15(20)12-16(14)22-7-4-2-1-3-5-13-6-8-21-13/h9-13,21-22H,1-8H2,(H,23,24)/t13-/m0/s1. The number of halogens is 2. The van der Waals surface area contributed by atoms with Crippen LogP contribution in [0.15, 0.2) is 28.6 Å². The van der Waals surface area contributed by atoms with E-state index in [1.807, 2.05) is 0 Å². The third kappa shape index (κ3) is 5.79. The molecule has 0 bridgehead atoms. The van der Waals surface area contributed by atoms with Crippen molar-refractivity contribution in [2.24, 2.45) is 0 Å². The van der Waals surface area contributed by atoms with Crippen LogP contribution in [0.5, 0.6) is 0 Å². The minimum Gasteiger partial charge on any atom is -0.384 e. The first-order valence-electron chi connectivity index (χ1n) is 9.34. The van der Waals surface area contributed by atoms with Gasteiger partial charge < -0.3 is 10.6 Å². The van der Waals surface area contributed by atoms with E-state index in [0.717, 1.165) is 42.9 Å². The molecule has 0 amide bonds. The van der Waals surface area contributed by atoms with E-state index >= 15 is 0 Å². The fraction of sp³-hybridized carbons (Fsp3) is 0.500. The molecule has 1 aromatic carbocycles. The first-order valence-corrected chi connectivity index (χ1v) is 12.1. The smallest absolute Gasteiger partial charge is 0.266 e. The van der Waals surface area contributed by atoms with Crippen LogP contribution in [0, 0.1) is 5.82 Å². The summed E-state index contributed by atoms with van der Waals surface area (Å²) in [5.74, 6) is -0.857. The van der Waals surface area contributed by atoms with Crippen molar-refractivity contribution in [1.29, 1.82) is 0 Å². The largest absolute Gasteiger partial charge is 0.384 e. The average Bonchev–Trinajstić information content (AvgIpc) is 3.10. The lowest BCUT2D eigenvalue weighted by molar-refractivity contribution is 0.339. The minimum absolute atomic E-state index is 0.164. The highest BCUT2D eigenvalue weighted by Crippen LogP contribution is 2.29.